The molecule has 2 heteroatoms. The van der Waals surface area contributed by atoms with Crippen LogP contribution >= 0.6 is 0 Å². The Morgan fingerprint density at radius 2 is 1.86 bits per heavy atom. The molecule has 2 atom stereocenters. The number of rotatable bonds is 3. The molecule has 1 aliphatic carbocycles. The van der Waals surface area contributed by atoms with Crippen LogP contribution in [0.1, 0.15) is 73.1 Å². The number of hydrogen-bond donors (Lipinski definition) is 0. The van der Waals surface area contributed by atoms with Crippen LogP contribution in [0.15, 0.2) is 0 Å². The Morgan fingerprint density at radius 1 is 1.24 bits per heavy atom. The van der Waals surface area contributed by atoms with Crippen molar-refractivity contribution < 1.29 is 4.79 Å². The van der Waals surface area contributed by atoms with Gasteiger partial charge in [0.1, 0.15) is 5.78 Å². The highest BCUT2D eigenvalue weighted by atomic mass is 16.1. The highest BCUT2D eigenvalue weighted by Crippen LogP contribution is 2.40. The van der Waals surface area contributed by atoms with Gasteiger partial charge in [-0.15, -0.1) is 0 Å². The van der Waals surface area contributed by atoms with Crippen molar-refractivity contribution in [3.63, 3.8) is 0 Å². The van der Waals surface area contributed by atoms with Crippen LogP contribution in [-0.2, 0) is 4.79 Å². The number of carbonyl (C=O) groups is 1. The first kappa shape index (κ1) is 17.0. The fraction of sp³-hybridized carbons (Fsp3) is 0.947. The van der Waals surface area contributed by atoms with E-state index in [2.05, 4.69) is 39.5 Å². The average molecular weight is 293 g/mol. The molecule has 0 spiro atoms. The number of nitrogens with zero attached hydrogens (tertiary/aromatic N) is 1. The zero-order chi connectivity index (χ0) is 15.7. The van der Waals surface area contributed by atoms with Crippen molar-refractivity contribution in [1.82, 2.24) is 4.90 Å². The summed E-state index contributed by atoms with van der Waals surface area (Å²) >= 11 is 0. The van der Waals surface area contributed by atoms with E-state index < -0.39 is 0 Å². The summed E-state index contributed by atoms with van der Waals surface area (Å²) in [6.45, 7) is 15.1. The molecule has 1 saturated carbocycles. The zero-order valence-corrected chi connectivity index (χ0v) is 14.9. The summed E-state index contributed by atoms with van der Waals surface area (Å²) in [5.41, 5.74) is 0.892. The topological polar surface area (TPSA) is 20.3 Å². The molecular weight excluding hydrogens is 258 g/mol. The molecule has 21 heavy (non-hydrogen) atoms. The predicted molar refractivity (Wildman–Crippen MR) is 89.4 cm³/mol. The minimum absolute atomic E-state index is 0.300. The van der Waals surface area contributed by atoms with Gasteiger partial charge in [0.25, 0.3) is 0 Å². The van der Waals surface area contributed by atoms with Gasteiger partial charge in [-0.05, 0) is 55.5 Å². The second-order valence-corrected chi connectivity index (χ2v) is 8.97. The fourth-order valence-corrected chi connectivity index (χ4v) is 4.02. The van der Waals surface area contributed by atoms with Gasteiger partial charge in [-0.1, -0.05) is 41.0 Å². The van der Waals surface area contributed by atoms with Crippen molar-refractivity contribution in [3.8, 4) is 0 Å². The number of likely N-dealkylation sites (tertiary alicyclic amines) is 1. The van der Waals surface area contributed by atoms with Gasteiger partial charge >= 0.3 is 0 Å². The molecule has 1 aliphatic heterocycles. The molecule has 2 rings (SSSR count). The third kappa shape index (κ3) is 4.31. The van der Waals surface area contributed by atoms with Crippen LogP contribution in [0, 0.1) is 22.7 Å². The lowest BCUT2D eigenvalue weighted by atomic mass is 9.68. The summed E-state index contributed by atoms with van der Waals surface area (Å²) in [4.78, 5) is 14.9. The van der Waals surface area contributed by atoms with E-state index in [0.717, 1.165) is 25.8 Å². The van der Waals surface area contributed by atoms with Crippen LogP contribution in [0.3, 0.4) is 0 Å². The SMILES string of the molecule is CCC1(C)CCN(CC2CC(C(C)(C)C)CCC2=O)CC1. The number of Topliss-reactive ketones (excluding diaryl/α,β-unsaturated/α-hetero) is 1. The van der Waals surface area contributed by atoms with Gasteiger partial charge in [0.2, 0.25) is 0 Å². The van der Waals surface area contributed by atoms with E-state index in [1.54, 1.807) is 0 Å². The summed E-state index contributed by atoms with van der Waals surface area (Å²) in [5.74, 6) is 1.54. The van der Waals surface area contributed by atoms with Gasteiger partial charge < -0.3 is 4.90 Å². The Bertz CT molecular complexity index is 360. The first-order valence-electron chi connectivity index (χ1n) is 8.98. The van der Waals surface area contributed by atoms with E-state index in [9.17, 15) is 4.79 Å². The van der Waals surface area contributed by atoms with Crippen LogP contribution < -0.4 is 0 Å². The molecular formula is C19H35NO. The summed E-state index contributed by atoms with van der Waals surface area (Å²) in [6.07, 6.45) is 6.92. The van der Waals surface area contributed by atoms with Gasteiger partial charge in [-0.25, -0.2) is 0 Å². The largest absolute Gasteiger partial charge is 0.303 e. The molecule has 0 amide bonds. The predicted octanol–water partition coefficient (Wildman–Crippen LogP) is 4.53. The summed E-state index contributed by atoms with van der Waals surface area (Å²) in [7, 11) is 0. The van der Waals surface area contributed by atoms with Crippen LogP contribution in [0.25, 0.3) is 0 Å². The minimum Gasteiger partial charge on any atom is -0.303 e. The van der Waals surface area contributed by atoms with Crippen molar-refractivity contribution in [1.29, 1.82) is 0 Å². The maximum atomic E-state index is 12.3. The smallest absolute Gasteiger partial charge is 0.137 e. The third-order valence-corrected chi connectivity index (χ3v) is 6.38. The highest BCUT2D eigenvalue weighted by Gasteiger charge is 2.36. The molecule has 0 radical (unpaired) electrons. The maximum absolute atomic E-state index is 12.3. The molecule has 0 N–H and O–H groups in total. The van der Waals surface area contributed by atoms with Crippen molar-refractivity contribution >= 4 is 5.78 Å². The number of hydrogen-bond acceptors (Lipinski definition) is 2. The normalized spacial score (nSPS) is 31.4. The van der Waals surface area contributed by atoms with E-state index in [-0.39, 0.29) is 0 Å². The van der Waals surface area contributed by atoms with E-state index in [0.29, 0.717) is 28.4 Å². The summed E-state index contributed by atoms with van der Waals surface area (Å²) in [6, 6.07) is 0. The van der Waals surface area contributed by atoms with E-state index in [4.69, 9.17) is 0 Å². The Morgan fingerprint density at radius 3 is 2.38 bits per heavy atom. The molecule has 0 aromatic heterocycles. The monoisotopic (exact) mass is 293 g/mol. The van der Waals surface area contributed by atoms with E-state index in [1.165, 1.54) is 32.4 Å². The van der Waals surface area contributed by atoms with Crippen molar-refractivity contribution in [2.24, 2.45) is 22.7 Å². The van der Waals surface area contributed by atoms with Gasteiger partial charge in [0.15, 0.2) is 0 Å². The first-order chi connectivity index (χ1) is 9.73. The minimum atomic E-state index is 0.300. The molecule has 2 aliphatic rings. The molecule has 1 saturated heterocycles. The lowest BCUT2D eigenvalue weighted by Crippen LogP contribution is -2.44. The molecule has 1 heterocycles. The van der Waals surface area contributed by atoms with Gasteiger partial charge in [-0.2, -0.15) is 0 Å². The Labute approximate surface area is 131 Å². The lowest BCUT2D eigenvalue weighted by Gasteiger charge is -2.42. The molecule has 122 valence electrons. The van der Waals surface area contributed by atoms with Gasteiger partial charge in [0.05, 0.1) is 0 Å². The van der Waals surface area contributed by atoms with Gasteiger partial charge in [0, 0.05) is 18.9 Å². The average Bonchev–Trinajstić information content (AvgIpc) is 2.42. The third-order valence-electron chi connectivity index (χ3n) is 6.38. The second kappa shape index (κ2) is 6.40. The molecule has 0 aromatic rings. The quantitative estimate of drug-likeness (QED) is 0.762. The summed E-state index contributed by atoms with van der Waals surface area (Å²) in [5, 5.41) is 0. The Kier molecular flexibility index (Phi) is 5.18. The molecule has 2 unspecified atom stereocenters. The van der Waals surface area contributed by atoms with Crippen LogP contribution in [-0.4, -0.2) is 30.3 Å². The maximum Gasteiger partial charge on any atom is 0.137 e. The molecule has 2 fully saturated rings. The summed E-state index contributed by atoms with van der Waals surface area (Å²) < 4.78 is 0. The lowest BCUT2D eigenvalue weighted by molar-refractivity contribution is -0.127. The first-order valence-corrected chi connectivity index (χ1v) is 8.98. The zero-order valence-electron chi connectivity index (χ0n) is 14.9. The standard InChI is InChI=1S/C19H35NO/c1-6-19(5)9-11-20(12-10-19)14-15-13-16(18(2,3)4)7-8-17(15)21/h15-16H,6-14H2,1-5H3. The van der Waals surface area contributed by atoms with E-state index >= 15 is 0 Å². The van der Waals surface area contributed by atoms with E-state index in [1.807, 2.05) is 0 Å². The Hall–Kier alpha value is -0.370. The van der Waals surface area contributed by atoms with Crippen molar-refractivity contribution in [3.05, 3.63) is 0 Å². The van der Waals surface area contributed by atoms with Crippen LogP contribution in [0.4, 0.5) is 0 Å². The molecule has 0 bridgehead atoms. The fourth-order valence-electron chi connectivity index (χ4n) is 4.02. The highest BCUT2D eigenvalue weighted by molar-refractivity contribution is 5.82. The number of carbonyl (C=O) groups excluding carboxylic acids is 1. The number of ketones is 1. The second-order valence-electron chi connectivity index (χ2n) is 8.97. The number of piperidine rings is 1. The van der Waals surface area contributed by atoms with Crippen LogP contribution in [0.2, 0.25) is 0 Å². The van der Waals surface area contributed by atoms with Crippen LogP contribution in [0.5, 0.6) is 0 Å². The molecule has 0 aromatic carbocycles. The molecule has 2 nitrogen and oxygen atoms in total. The van der Waals surface area contributed by atoms with Gasteiger partial charge in [-0.3, -0.25) is 4.79 Å². The Balaban J connectivity index is 1.88. The van der Waals surface area contributed by atoms with Crippen molar-refractivity contribution in [2.45, 2.75) is 73.1 Å². The van der Waals surface area contributed by atoms with Crippen molar-refractivity contribution in [2.75, 3.05) is 19.6 Å².